The molecule has 1 heterocycles. The quantitative estimate of drug-likeness (QED) is 0.309. The molecule has 8 heteroatoms. The number of rotatable bonds is 12. The minimum atomic E-state index is -4.19. The third kappa shape index (κ3) is 8.66. The predicted octanol–water partition coefficient (Wildman–Crippen LogP) is 6.92. The number of nitrogens with one attached hydrogen (secondary N) is 1. The number of anilines is 2. The van der Waals surface area contributed by atoms with Crippen LogP contribution in [0.4, 0.5) is 24.5 Å². The van der Waals surface area contributed by atoms with Crippen LogP contribution < -0.4 is 15.0 Å². The zero-order valence-electron chi connectivity index (χ0n) is 22.5. The molecule has 1 aliphatic rings. The van der Waals surface area contributed by atoms with Crippen molar-refractivity contribution >= 4 is 17.3 Å². The third-order valence-corrected chi connectivity index (χ3v) is 6.97. The maximum absolute atomic E-state index is 12.9. The molecule has 3 rings (SSSR count). The lowest BCUT2D eigenvalue weighted by molar-refractivity contribution is -0.148. The van der Waals surface area contributed by atoms with Crippen molar-refractivity contribution < 1.29 is 22.7 Å². The molecule has 204 valence electrons. The number of carbonyl (C=O) groups excluding carboxylic acids is 1. The molecule has 5 nitrogen and oxygen atoms in total. The molecule has 1 unspecified atom stereocenters. The number of carbonyl (C=O) groups is 1. The molecule has 0 saturated carbocycles. The Labute approximate surface area is 219 Å². The van der Waals surface area contributed by atoms with Crippen LogP contribution in [0, 0.1) is 12.3 Å². The fraction of sp³-hybridized carbons (Fsp3) is 0.552. The Morgan fingerprint density at radius 1 is 1.14 bits per heavy atom. The predicted molar refractivity (Wildman–Crippen MR) is 144 cm³/mol. The fourth-order valence-electron chi connectivity index (χ4n) is 4.87. The number of halogens is 3. The van der Waals surface area contributed by atoms with Gasteiger partial charge in [0, 0.05) is 36.6 Å². The van der Waals surface area contributed by atoms with Gasteiger partial charge in [-0.3, -0.25) is 9.69 Å². The average Bonchev–Trinajstić information content (AvgIpc) is 3.23. The van der Waals surface area contributed by atoms with E-state index in [0.717, 1.165) is 54.9 Å². The van der Waals surface area contributed by atoms with Gasteiger partial charge in [-0.05, 0) is 79.8 Å². The van der Waals surface area contributed by atoms with Crippen LogP contribution in [0.5, 0.6) is 5.75 Å². The molecular weight excluding hydrogens is 479 g/mol. The Morgan fingerprint density at radius 3 is 2.49 bits per heavy atom. The third-order valence-electron chi connectivity index (χ3n) is 6.97. The van der Waals surface area contributed by atoms with Gasteiger partial charge in [0.2, 0.25) is 0 Å². The molecule has 1 fully saturated rings. The van der Waals surface area contributed by atoms with E-state index in [1.165, 1.54) is 4.90 Å². The summed E-state index contributed by atoms with van der Waals surface area (Å²) in [5.74, 6) is 0.567. The van der Waals surface area contributed by atoms with E-state index < -0.39 is 12.7 Å². The lowest BCUT2D eigenvalue weighted by Gasteiger charge is -2.32. The summed E-state index contributed by atoms with van der Waals surface area (Å²) in [7, 11) is 0. The second kappa shape index (κ2) is 12.7. The van der Waals surface area contributed by atoms with Gasteiger partial charge in [-0.15, -0.1) is 0 Å². The lowest BCUT2D eigenvalue weighted by atomic mass is 9.89. The van der Waals surface area contributed by atoms with Gasteiger partial charge in [-0.2, -0.15) is 13.2 Å². The fourth-order valence-corrected chi connectivity index (χ4v) is 4.87. The van der Waals surface area contributed by atoms with Crippen molar-refractivity contribution in [3.8, 4) is 5.75 Å². The van der Waals surface area contributed by atoms with Crippen LogP contribution in [0.2, 0.25) is 0 Å². The first-order valence-electron chi connectivity index (χ1n) is 13.2. The van der Waals surface area contributed by atoms with Gasteiger partial charge in [0.1, 0.15) is 5.75 Å². The van der Waals surface area contributed by atoms with Crippen molar-refractivity contribution in [2.24, 2.45) is 5.41 Å². The number of hydrogen-bond acceptors (Lipinski definition) is 4. The molecule has 2 aromatic rings. The lowest BCUT2D eigenvalue weighted by Crippen LogP contribution is -2.42. The largest absolute Gasteiger partial charge is 0.494 e. The molecule has 0 aromatic heterocycles. The number of amides is 1. The molecule has 1 atom stereocenters. The second-order valence-electron chi connectivity index (χ2n) is 10.4. The van der Waals surface area contributed by atoms with E-state index in [-0.39, 0.29) is 11.3 Å². The Bertz CT molecular complexity index is 1030. The van der Waals surface area contributed by atoms with E-state index in [9.17, 15) is 18.0 Å². The summed E-state index contributed by atoms with van der Waals surface area (Å²) in [4.78, 5) is 16.5. The Balaban J connectivity index is 1.57. The first-order valence-corrected chi connectivity index (χ1v) is 13.2. The molecule has 0 spiro atoms. The maximum atomic E-state index is 12.9. The molecule has 1 aliphatic heterocycles. The number of unbranched alkanes of at least 4 members (excludes halogenated alkanes) is 2. The number of alkyl halides is 3. The van der Waals surface area contributed by atoms with Gasteiger partial charge in [-0.1, -0.05) is 33.6 Å². The van der Waals surface area contributed by atoms with E-state index in [0.29, 0.717) is 31.8 Å². The first kappa shape index (κ1) is 28.8. The van der Waals surface area contributed by atoms with E-state index in [4.69, 9.17) is 4.74 Å². The zero-order valence-corrected chi connectivity index (χ0v) is 22.5. The van der Waals surface area contributed by atoms with E-state index >= 15 is 0 Å². The highest BCUT2D eigenvalue weighted by Crippen LogP contribution is 2.36. The van der Waals surface area contributed by atoms with E-state index in [2.05, 4.69) is 24.1 Å². The van der Waals surface area contributed by atoms with Crippen LogP contribution in [0.15, 0.2) is 42.5 Å². The average molecular weight is 520 g/mol. The molecule has 2 aromatic carbocycles. The number of benzene rings is 2. The van der Waals surface area contributed by atoms with Gasteiger partial charge in [0.25, 0.3) is 5.91 Å². The standard InChI is InChI=1S/C29H40F3N3O2/c1-5-7-8-17-37-25-12-9-23(10-13-25)27(36)33-26-14-11-24(18-22(26)3)35-16-15-28(4,20-35)19-34(6-2)21-29(30,31)32/h9-14,18H,5-8,15-17,19-21H2,1-4H3,(H,33,36). The van der Waals surface area contributed by atoms with Crippen LogP contribution >= 0.6 is 0 Å². The summed E-state index contributed by atoms with van der Waals surface area (Å²) in [5, 5.41) is 2.98. The highest BCUT2D eigenvalue weighted by atomic mass is 19.4. The van der Waals surface area contributed by atoms with Crippen molar-refractivity contribution in [1.82, 2.24) is 4.90 Å². The van der Waals surface area contributed by atoms with Crippen molar-refractivity contribution in [3.63, 3.8) is 0 Å². The minimum Gasteiger partial charge on any atom is -0.494 e. The maximum Gasteiger partial charge on any atom is 0.401 e. The van der Waals surface area contributed by atoms with Crippen molar-refractivity contribution in [2.75, 3.05) is 49.5 Å². The smallest absolute Gasteiger partial charge is 0.401 e. The van der Waals surface area contributed by atoms with Crippen LogP contribution in [-0.4, -0.2) is 56.3 Å². The number of hydrogen-bond donors (Lipinski definition) is 1. The number of nitrogens with zero attached hydrogens (tertiary/aromatic N) is 2. The Hall–Kier alpha value is -2.74. The SMILES string of the molecule is CCCCCOc1ccc(C(=O)Nc2ccc(N3CCC(C)(CN(CC)CC(F)(F)F)C3)cc2C)cc1. The highest BCUT2D eigenvalue weighted by Gasteiger charge is 2.38. The molecule has 0 bridgehead atoms. The second-order valence-corrected chi connectivity index (χ2v) is 10.4. The molecule has 1 N–H and O–H groups in total. The van der Waals surface area contributed by atoms with Crippen LogP contribution in [-0.2, 0) is 0 Å². The number of aryl methyl sites for hydroxylation is 1. The van der Waals surface area contributed by atoms with Gasteiger partial charge in [-0.25, -0.2) is 0 Å². The van der Waals surface area contributed by atoms with Gasteiger partial charge >= 0.3 is 6.18 Å². The first-order chi connectivity index (χ1) is 17.5. The van der Waals surface area contributed by atoms with Crippen molar-refractivity contribution in [3.05, 3.63) is 53.6 Å². The van der Waals surface area contributed by atoms with Gasteiger partial charge < -0.3 is 15.0 Å². The molecule has 37 heavy (non-hydrogen) atoms. The summed E-state index contributed by atoms with van der Waals surface area (Å²) in [6, 6.07) is 13.0. The zero-order chi connectivity index (χ0) is 27.1. The molecular formula is C29H40F3N3O2. The van der Waals surface area contributed by atoms with E-state index in [1.807, 2.05) is 37.3 Å². The summed E-state index contributed by atoms with van der Waals surface area (Å²) in [6.07, 6.45) is -0.0678. The van der Waals surface area contributed by atoms with E-state index in [1.54, 1.807) is 19.1 Å². The summed E-state index contributed by atoms with van der Waals surface area (Å²) in [5.41, 5.74) is 3.02. The normalized spacial score (nSPS) is 17.9. The summed E-state index contributed by atoms with van der Waals surface area (Å²) in [6.45, 7) is 10.0. The van der Waals surface area contributed by atoms with Gasteiger partial charge in [0.05, 0.1) is 13.2 Å². The Kier molecular flexibility index (Phi) is 9.87. The minimum absolute atomic E-state index is 0.188. The highest BCUT2D eigenvalue weighted by molar-refractivity contribution is 6.04. The topological polar surface area (TPSA) is 44.8 Å². The van der Waals surface area contributed by atoms with Crippen molar-refractivity contribution in [1.29, 1.82) is 0 Å². The summed E-state index contributed by atoms with van der Waals surface area (Å²) < 4.78 is 44.5. The monoisotopic (exact) mass is 519 g/mol. The Morgan fingerprint density at radius 2 is 1.86 bits per heavy atom. The molecule has 0 radical (unpaired) electrons. The summed E-state index contributed by atoms with van der Waals surface area (Å²) >= 11 is 0. The van der Waals surface area contributed by atoms with Crippen molar-refractivity contribution in [2.45, 2.75) is 59.6 Å². The van der Waals surface area contributed by atoms with Crippen LogP contribution in [0.25, 0.3) is 0 Å². The van der Waals surface area contributed by atoms with Crippen LogP contribution in [0.3, 0.4) is 0 Å². The molecule has 1 saturated heterocycles. The molecule has 0 aliphatic carbocycles. The molecule has 1 amide bonds. The van der Waals surface area contributed by atoms with Crippen LogP contribution in [0.1, 0.15) is 62.4 Å². The number of ether oxygens (including phenoxy) is 1. The van der Waals surface area contributed by atoms with Gasteiger partial charge in [0.15, 0.2) is 0 Å².